The molecule has 7 heteroatoms. The number of carbonyl (C=O) groups excluding carboxylic acids is 1. The predicted molar refractivity (Wildman–Crippen MR) is 118 cm³/mol. The maximum Gasteiger partial charge on any atom is 0.271 e. The molecule has 0 bridgehead atoms. The van der Waals surface area contributed by atoms with Gasteiger partial charge in [0.1, 0.15) is 18.2 Å². The molecule has 0 saturated heterocycles. The summed E-state index contributed by atoms with van der Waals surface area (Å²) in [6.07, 6.45) is 1.55. The first-order valence-corrected chi connectivity index (χ1v) is 9.86. The summed E-state index contributed by atoms with van der Waals surface area (Å²) in [7, 11) is 0. The van der Waals surface area contributed by atoms with Crippen LogP contribution in [0.25, 0.3) is 0 Å². The van der Waals surface area contributed by atoms with Crippen LogP contribution in [-0.2, 0) is 6.61 Å². The maximum absolute atomic E-state index is 13.0. The van der Waals surface area contributed by atoms with E-state index < -0.39 is 5.91 Å². The SMILES string of the molecule is Cc1cc(/C=N\NC(=O)c2ccc(Cl)c(Cl)c2)cc(C)c1OCc1ccc(F)cc1. The average molecular weight is 445 g/mol. The van der Waals surface area contributed by atoms with Gasteiger partial charge in [0, 0.05) is 5.56 Å². The number of nitrogens with zero attached hydrogens (tertiary/aromatic N) is 1. The zero-order valence-corrected chi connectivity index (χ0v) is 17.9. The lowest BCUT2D eigenvalue weighted by atomic mass is 10.1. The van der Waals surface area contributed by atoms with Crippen LogP contribution in [0.5, 0.6) is 5.75 Å². The third-order valence-electron chi connectivity index (χ3n) is 4.34. The molecule has 4 nitrogen and oxygen atoms in total. The Labute approximate surface area is 184 Å². The highest BCUT2D eigenvalue weighted by Gasteiger charge is 2.08. The third kappa shape index (κ3) is 5.59. The van der Waals surface area contributed by atoms with Crippen molar-refractivity contribution < 1.29 is 13.9 Å². The molecule has 0 aromatic heterocycles. The summed E-state index contributed by atoms with van der Waals surface area (Å²) in [6, 6.07) is 14.6. The highest BCUT2D eigenvalue weighted by molar-refractivity contribution is 6.42. The lowest BCUT2D eigenvalue weighted by Gasteiger charge is -2.13. The van der Waals surface area contributed by atoms with Crippen LogP contribution in [0.1, 0.15) is 32.6 Å². The molecule has 0 aliphatic rings. The number of rotatable bonds is 6. The van der Waals surface area contributed by atoms with Gasteiger partial charge in [-0.25, -0.2) is 9.82 Å². The van der Waals surface area contributed by atoms with Gasteiger partial charge in [0.15, 0.2) is 0 Å². The minimum atomic E-state index is -0.391. The molecule has 0 spiro atoms. The largest absolute Gasteiger partial charge is 0.488 e. The van der Waals surface area contributed by atoms with Gasteiger partial charge in [-0.3, -0.25) is 4.79 Å². The van der Waals surface area contributed by atoms with Crippen LogP contribution < -0.4 is 10.2 Å². The van der Waals surface area contributed by atoms with Crippen molar-refractivity contribution in [3.63, 3.8) is 0 Å². The first-order chi connectivity index (χ1) is 14.3. The predicted octanol–water partition coefficient (Wildman–Crippen LogP) is 6.09. The molecule has 0 aliphatic carbocycles. The zero-order valence-electron chi connectivity index (χ0n) is 16.4. The molecule has 154 valence electrons. The minimum absolute atomic E-state index is 0.277. The van der Waals surface area contributed by atoms with Crippen molar-refractivity contribution in [2.45, 2.75) is 20.5 Å². The van der Waals surface area contributed by atoms with Gasteiger partial charge in [0.2, 0.25) is 0 Å². The van der Waals surface area contributed by atoms with E-state index in [2.05, 4.69) is 10.5 Å². The molecule has 1 N–H and O–H groups in total. The second-order valence-electron chi connectivity index (χ2n) is 6.73. The molecule has 0 fully saturated rings. The molecule has 3 aromatic carbocycles. The number of ether oxygens (including phenoxy) is 1. The van der Waals surface area contributed by atoms with Crippen LogP contribution in [0.4, 0.5) is 4.39 Å². The van der Waals surface area contributed by atoms with Crippen LogP contribution >= 0.6 is 23.2 Å². The lowest BCUT2D eigenvalue weighted by Crippen LogP contribution is -2.17. The second kappa shape index (κ2) is 9.74. The van der Waals surface area contributed by atoms with Gasteiger partial charge in [-0.2, -0.15) is 5.10 Å². The van der Waals surface area contributed by atoms with Crippen molar-refractivity contribution in [1.82, 2.24) is 5.43 Å². The number of amides is 1. The van der Waals surface area contributed by atoms with E-state index in [0.717, 1.165) is 28.0 Å². The first kappa shape index (κ1) is 21.8. The van der Waals surface area contributed by atoms with Crippen molar-refractivity contribution in [1.29, 1.82) is 0 Å². The van der Waals surface area contributed by atoms with E-state index in [1.54, 1.807) is 30.5 Å². The fraction of sp³-hybridized carbons (Fsp3) is 0.130. The number of hydrogen-bond donors (Lipinski definition) is 1. The highest BCUT2D eigenvalue weighted by atomic mass is 35.5. The molecule has 0 radical (unpaired) electrons. The van der Waals surface area contributed by atoms with Crippen molar-refractivity contribution in [2.24, 2.45) is 5.10 Å². The van der Waals surface area contributed by atoms with E-state index >= 15 is 0 Å². The number of halogens is 3. The molecule has 1 amide bonds. The molecule has 0 heterocycles. The summed E-state index contributed by atoms with van der Waals surface area (Å²) in [5.41, 5.74) is 6.37. The molecule has 3 rings (SSSR count). The first-order valence-electron chi connectivity index (χ1n) is 9.10. The standard InChI is InChI=1S/C23H19Cl2FN2O2/c1-14-9-17(12-27-28-23(29)18-5-8-20(24)21(25)11-18)10-15(2)22(14)30-13-16-3-6-19(26)7-4-16/h3-12H,13H2,1-2H3,(H,28,29)/b27-12-. The lowest BCUT2D eigenvalue weighted by molar-refractivity contribution is 0.0955. The molecule has 0 aliphatic heterocycles. The van der Waals surface area contributed by atoms with Gasteiger partial charge < -0.3 is 4.74 Å². The number of benzene rings is 3. The van der Waals surface area contributed by atoms with Crippen molar-refractivity contribution >= 4 is 35.3 Å². The summed E-state index contributed by atoms with van der Waals surface area (Å²) in [5, 5.41) is 4.69. The Morgan fingerprint density at radius 3 is 2.33 bits per heavy atom. The summed E-state index contributed by atoms with van der Waals surface area (Å²) < 4.78 is 18.9. The number of carbonyl (C=O) groups is 1. The van der Waals surface area contributed by atoms with Gasteiger partial charge in [-0.05, 0) is 78.6 Å². The van der Waals surface area contributed by atoms with Gasteiger partial charge in [-0.15, -0.1) is 0 Å². The highest BCUT2D eigenvalue weighted by Crippen LogP contribution is 2.25. The summed E-state index contributed by atoms with van der Waals surface area (Å²) in [5.74, 6) is 0.0924. The normalized spacial score (nSPS) is 11.0. The Kier molecular flexibility index (Phi) is 7.08. The van der Waals surface area contributed by atoms with Gasteiger partial charge in [0.25, 0.3) is 5.91 Å². The molecule has 0 unspecified atom stereocenters. The van der Waals surface area contributed by atoms with E-state index in [1.165, 1.54) is 18.2 Å². The molecular formula is C23H19Cl2FN2O2. The van der Waals surface area contributed by atoms with E-state index in [9.17, 15) is 9.18 Å². The van der Waals surface area contributed by atoms with Crippen LogP contribution in [0.3, 0.4) is 0 Å². The Bertz CT molecular complexity index is 1080. The number of hydrazone groups is 1. The van der Waals surface area contributed by atoms with Crippen molar-refractivity contribution in [3.8, 4) is 5.75 Å². The number of nitrogens with one attached hydrogen (secondary N) is 1. The number of aryl methyl sites for hydroxylation is 2. The van der Waals surface area contributed by atoms with Crippen LogP contribution in [-0.4, -0.2) is 12.1 Å². The molecule has 0 atom stereocenters. The van der Waals surface area contributed by atoms with Gasteiger partial charge in [-0.1, -0.05) is 35.3 Å². The molecular weight excluding hydrogens is 426 g/mol. The average Bonchev–Trinajstić information content (AvgIpc) is 2.70. The van der Waals surface area contributed by atoms with E-state index in [0.29, 0.717) is 22.2 Å². The summed E-state index contributed by atoms with van der Waals surface area (Å²) in [6.45, 7) is 4.20. The van der Waals surface area contributed by atoms with Gasteiger partial charge in [0.05, 0.1) is 16.3 Å². The topological polar surface area (TPSA) is 50.7 Å². The van der Waals surface area contributed by atoms with Crippen molar-refractivity contribution in [3.05, 3.63) is 98.3 Å². The van der Waals surface area contributed by atoms with Crippen molar-refractivity contribution in [2.75, 3.05) is 0 Å². The zero-order chi connectivity index (χ0) is 21.7. The molecule has 30 heavy (non-hydrogen) atoms. The smallest absolute Gasteiger partial charge is 0.271 e. The monoisotopic (exact) mass is 444 g/mol. The molecule has 3 aromatic rings. The van der Waals surface area contributed by atoms with Crippen LogP contribution in [0, 0.1) is 19.7 Å². The number of hydrogen-bond acceptors (Lipinski definition) is 3. The fourth-order valence-electron chi connectivity index (χ4n) is 2.89. The third-order valence-corrected chi connectivity index (χ3v) is 5.08. The van der Waals surface area contributed by atoms with E-state index in [-0.39, 0.29) is 5.82 Å². The van der Waals surface area contributed by atoms with Crippen LogP contribution in [0.2, 0.25) is 10.0 Å². The summed E-state index contributed by atoms with van der Waals surface area (Å²) >= 11 is 11.8. The molecule has 0 saturated carbocycles. The Morgan fingerprint density at radius 2 is 1.70 bits per heavy atom. The second-order valence-corrected chi connectivity index (χ2v) is 7.54. The Balaban J connectivity index is 1.64. The Hall–Kier alpha value is -2.89. The Morgan fingerprint density at radius 1 is 1.03 bits per heavy atom. The minimum Gasteiger partial charge on any atom is -0.488 e. The fourth-order valence-corrected chi connectivity index (χ4v) is 3.19. The van der Waals surface area contributed by atoms with E-state index in [4.69, 9.17) is 27.9 Å². The van der Waals surface area contributed by atoms with Gasteiger partial charge >= 0.3 is 0 Å². The van der Waals surface area contributed by atoms with Crippen LogP contribution in [0.15, 0.2) is 59.7 Å². The van der Waals surface area contributed by atoms with E-state index in [1.807, 2.05) is 26.0 Å². The summed E-state index contributed by atoms with van der Waals surface area (Å²) in [4.78, 5) is 12.2. The quantitative estimate of drug-likeness (QED) is 0.369. The maximum atomic E-state index is 13.0.